The molecule has 0 atom stereocenters. The average molecular weight is 319 g/mol. The first-order chi connectivity index (χ1) is 10.8. The second kappa shape index (κ2) is 6.60. The lowest BCUT2D eigenvalue weighted by atomic mass is 9.98. The number of aliphatic carboxylic acids is 1. The molecule has 23 heavy (non-hydrogen) atoms. The highest BCUT2D eigenvalue weighted by molar-refractivity contribution is 5.93. The van der Waals surface area contributed by atoms with E-state index in [0.717, 1.165) is 0 Å². The summed E-state index contributed by atoms with van der Waals surface area (Å²) in [7, 11) is 0. The zero-order chi connectivity index (χ0) is 17.0. The quantitative estimate of drug-likeness (QED) is 0.762. The van der Waals surface area contributed by atoms with Crippen LogP contribution in [0.4, 0.5) is 4.39 Å². The third kappa shape index (κ3) is 4.64. The summed E-state index contributed by atoms with van der Waals surface area (Å²) >= 11 is 0. The number of hydrogen-bond donors (Lipinski definition) is 3. The Bertz CT molecular complexity index is 708. The maximum Gasteiger partial charge on any atom is 0.303 e. The number of H-pyrrole nitrogens is 1. The molecule has 1 aromatic heterocycles. The van der Waals surface area contributed by atoms with E-state index in [0.29, 0.717) is 17.7 Å². The van der Waals surface area contributed by atoms with Gasteiger partial charge in [0, 0.05) is 17.5 Å². The lowest BCUT2D eigenvalue weighted by Gasteiger charge is -2.25. The van der Waals surface area contributed by atoms with Crippen LogP contribution in [0.2, 0.25) is 0 Å². The standard InChI is InChI=1S/C16H18FN3O3/c1-16(2,8-7-14(21)22)18-15(23)13-9-12(19-20-13)10-3-5-11(17)6-4-10/h3-6,9H,7-8H2,1-2H3,(H,18,23)(H,19,20)(H,21,22). The maximum absolute atomic E-state index is 12.9. The third-order valence-corrected chi connectivity index (χ3v) is 3.38. The largest absolute Gasteiger partial charge is 0.481 e. The van der Waals surface area contributed by atoms with Crippen LogP contribution in [0.25, 0.3) is 11.3 Å². The van der Waals surface area contributed by atoms with Gasteiger partial charge in [-0.1, -0.05) is 0 Å². The van der Waals surface area contributed by atoms with Crippen molar-refractivity contribution < 1.29 is 19.1 Å². The highest BCUT2D eigenvalue weighted by Crippen LogP contribution is 2.19. The zero-order valence-corrected chi connectivity index (χ0v) is 12.9. The molecule has 2 aromatic rings. The Balaban J connectivity index is 2.06. The molecule has 6 nitrogen and oxygen atoms in total. The van der Waals surface area contributed by atoms with Crippen molar-refractivity contribution in [2.24, 2.45) is 0 Å². The first-order valence-electron chi connectivity index (χ1n) is 7.12. The number of halogens is 1. The third-order valence-electron chi connectivity index (χ3n) is 3.38. The number of carbonyl (C=O) groups is 2. The van der Waals surface area contributed by atoms with Crippen LogP contribution < -0.4 is 5.32 Å². The van der Waals surface area contributed by atoms with Crippen LogP contribution in [0.15, 0.2) is 30.3 Å². The second-order valence-electron chi connectivity index (χ2n) is 5.91. The number of nitrogens with zero attached hydrogens (tertiary/aromatic N) is 1. The van der Waals surface area contributed by atoms with Gasteiger partial charge >= 0.3 is 5.97 Å². The van der Waals surface area contributed by atoms with Crippen LogP contribution in [0.5, 0.6) is 0 Å². The summed E-state index contributed by atoms with van der Waals surface area (Å²) in [6, 6.07) is 7.35. The Morgan fingerprint density at radius 1 is 1.30 bits per heavy atom. The molecular weight excluding hydrogens is 301 g/mol. The van der Waals surface area contributed by atoms with Gasteiger partial charge in [0.05, 0.1) is 5.69 Å². The van der Waals surface area contributed by atoms with E-state index in [1.165, 1.54) is 12.1 Å². The summed E-state index contributed by atoms with van der Waals surface area (Å²) in [6.45, 7) is 3.51. The van der Waals surface area contributed by atoms with E-state index in [1.54, 1.807) is 32.0 Å². The van der Waals surface area contributed by atoms with Crippen molar-refractivity contribution in [1.82, 2.24) is 15.5 Å². The van der Waals surface area contributed by atoms with Gasteiger partial charge in [0.25, 0.3) is 5.91 Å². The fourth-order valence-electron chi connectivity index (χ4n) is 2.06. The fourth-order valence-corrected chi connectivity index (χ4v) is 2.06. The summed E-state index contributed by atoms with van der Waals surface area (Å²) < 4.78 is 12.9. The molecule has 2 rings (SSSR count). The fraction of sp³-hybridized carbons (Fsp3) is 0.312. The molecule has 0 saturated heterocycles. The molecule has 0 saturated carbocycles. The molecule has 1 heterocycles. The number of aromatic amines is 1. The van der Waals surface area contributed by atoms with Gasteiger partial charge < -0.3 is 10.4 Å². The number of rotatable bonds is 6. The van der Waals surface area contributed by atoms with E-state index in [1.807, 2.05) is 0 Å². The number of aromatic nitrogens is 2. The lowest BCUT2D eigenvalue weighted by molar-refractivity contribution is -0.137. The molecule has 0 aliphatic carbocycles. The molecule has 0 radical (unpaired) electrons. The average Bonchev–Trinajstić information content (AvgIpc) is 2.95. The van der Waals surface area contributed by atoms with Crippen LogP contribution in [0.1, 0.15) is 37.2 Å². The highest BCUT2D eigenvalue weighted by Gasteiger charge is 2.23. The van der Waals surface area contributed by atoms with Gasteiger partial charge in [-0.05, 0) is 50.6 Å². The van der Waals surface area contributed by atoms with Crippen LogP contribution >= 0.6 is 0 Å². The SMILES string of the molecule is CC(C)(CCC(=O)O)NC(=O)c1cc(-c2ccc(F)cc2)n[nH]1. The number of nitrogens with one attached hydrogen (secondary N) is 2. The van der Waals surface area contributed by atoms with E-state index in [9.17, 15) is 14.0 Å². The van der Waals surface area contributed by atoms with E-state index >= 15 is 0 Å². The molecule has 3 N–H and O–H groups in total. The normalized spacial score (nSPS) is 11.3. The Morgan fingerprint density at radius 2 is 1.96 bits per heavy atom. The number of carbonyl (C=O) groups excluding carboxylic acids is 1. The molecular formula is C16H18FN3O3. The minimum Gasteiger partial charge on any atom is -0.481 e. The number of carboxylic acids is 1. The monoisotopic (exact) mass is 319 g/mol. The van der Waals surface area contributed by atoms with Crippen LogP contribution in [-0.2, 0) is 4.79 Å². The van der Waals surface area contributed by atoms with Gasteiger partial charge in [0.15, 0.2) is 0 Å². The highest BCUT2D eigenvalue weighted by atomic mass is 19.1. The van der Waals surface area contributed by atoms with Crippen molar-refractivity contribution >= 4 is 11.9 Å². The Kier molecular flexibility index (Phi) is 4.78. The summed E-state index contributed by atoms with van der Waals surface area (Å²) in [5.74, 6) is -1.63. The summed E-state index contributed by atoms with van der Waals surface area (Å²) in [4.78, 5) is 22.8. The van der Waals surface area contributed by atoms with Crippen molar-refractivity contribution in [3.63, 3.8) is 0 Å². The predicted octanol–water partition coefficient (Wildman–Crippen LogP) is 2.59. The van der Waals surface area contributed by atoms with Crippen molar-refractivity contribution in [1.29, 1.82) is 0 Å². The first kappa shape index (κ1) is 16.7. The van der Waals surface area contributed by atoms with Gasteiger partial charge in [-0.3, -0.25) is 14.7 Å². The lowest BCUT2D eigenvalue weighted by Crippen LogP contribution is -2.43. The predicted molar refractivity (Wildman–Crippen MR) is 82.4 cm³/mol. The Morgan fingerprint density at radius 3 is 2.57 bits per heavy atom. The second-order valence-corrected chi connectivity index (χ2v) is 5.91. The van der Waals surface area contributed by atoms with Crippen LogP contribution in [-0.4, -0.2) is 32.7 Å². The first-order valence-corrected chi connectivity index (χ1v) is 7.12. The van der Waals surface area contributed by atoms with E-state index in [-0.39, 0.29) is 23.8 Å². The van der Waals surface area contributed by atoms with Gasteiger partial charge in [0.1, 0.15) is 11.5 Å². The smallest absolute Gasteiger partial charge is 0.303 e. The topological polar surface area (TPSA) is 95.1 Å². The molecule has 1 aromatic carbocycles. The van der Waals surface area contributed by atoms with E-state index < -0.39 is 11.5 Å². The minimum atomic E-state index is -0.910. The molecule has 0 unspecified atom stereocenters. The van der Waals surface area contributed by atoms with Crippen molar-refractivity contribution in [3.05, 3.63) is 41.8 Å². The molecule has 0 spiro atoms. The molecule has 0 aliphatic rings. The molecule has 0 fully saturated rings. The van der Waals surface area contributed by atoms with Gasteiger partial charge in [-0.25, -0.2) is 4.39 Å². The minimum absolute atomic E-state index is 0.0307. The van der Waals surface area contributed by atoms with Crippen LogP contribution in [0.3, 0.4) is 0 Å². The molecule has 7 heteroatoms. The van der Waals surface area contributed by atoms with Crippen molar-refractivity contribution in [2.75, 3.05) is 0 Å². The summed E-state index contributed by atoms with van der Waals surface area (Å²) in [5.41, 5.74) is 0.814. The van der Waals surface area contributed by atoms with Gasteiger partial charge in [0.2, 0.25) is 0 Å². The number of hydrogen-bond acceptors (Lipinski definition) is 3. The van der Waals surface area contributed by atoms with E-state index in [4.69, 9.17) is 5.11 Å². The zero-order valence-electron chi connectivity index (χ0n) is 12.9. The molecule has 0 bridgehead atoms. The molecule has 122 valence electrons. The Hall–Kier alpha value is -2.70. The van der Waals surface area contributed by atoms with E-state index in [2.05, 4.69) is 15.5 Å². The Labute approximate surface area is 132 Å². The van der Waals surface area contributed by atoms with Crippen molar-refractivity contribution in [3.8, 4) is 11.3 Å². The van der Waals surface area contributed by atoms with Crippen LogP contribution in [0, 0.1) is 5.82 Å². The number of amides is 1. The number of benzene rings is 1. The summed E-state index contributed by atoms with van der Waals surface area (Å²) in [5, 5.41) is 18.2. The molecule has 0 aliphatic heterocycles. The van der Waals surface area contributed by atoms with Gasteiger partial charge in [-0.2, -0.15) is 5.10 Å². The summed E-state index contributed by atoms with van der Waals surface area (Å²) in [6.07, 6.45) is 0.282. The van der Waals surface area contributed by atoms with Crippen molar-refractivity contribution in [2.45, 2.75) is 32.2 Å². The van der Waals surface area contributed by atoms with Gasteiger partial charge in [-0.15, -0.1) is 0 Å². The molecule has 1 amide bonds. The maximum atomic E-state index is 12.9. The number of carboxylic acid groups (broad SMARTS) is 1.